The molecule has 0 aliphatic rings. The second-order valence-corrected chi connectivity index (χ2v) is 6.41. The second-order valence-electron chi connectivity index (χ2n) is 5.38. The van der Waals surface area contributed by atoms with Gasteiger partial charge in [0.2, 0.25) is 0 Å². The molecule has 0 saturated heterocycles. The van der Waals surface area contributed by atoms with Gasteiger partial charge in [-0.05, 0) is 48.1 Å². The van der Waals surface area contributed by atoms with Crippen molar-refractivity contribution in [2.45, 2.75) is 12.8 Å². The van der Waals surface area contributed by atoms with Crippen LogP contribution < -0.4 is 10.6 Å². The zero-order chi connectivity index (χ0) is 16.6. The minimum atomic E-state index is -0.111. The number of carbonyl (C=O) groups excluding carboxylic acids is 1. The van der Waals surface area contributed by atoms with Crippen LogP contribution in [0.25, 0.3) is 5.69 Å². The molecule has 0 aliphatic carbocycles. The first kappa shape index (κ1) is 16.3. The van der Waals surface area contributed by atoms with E-state index in [4.69, 9.17) is 0 Å². The lowest BCUT2D eigenvalue weighted by Crippen LogP contribution is -2.37. The highest BCUT2D eigenvalue weighted by Gasteiger charge is 2.01. The van der Waals surface area contributed by atoms with Gasteiger partial charge in [0.25, 0.3) is 0 Å². The molecule has 6 heteroatoms. The van der Waals surface area contributed by atoms with Gasteiger partial charge in [-0.1, -0.05) is 18.2 Å². The van der Waals surface area contributed by atoms with Gasteiger partial charge in [0.05, 0.1) is 5.69 Å². The fourth-order valence-electron chi connectivity index (χ4n) is 2.37. The van der Waals surface area contributed by atoms with E-state index in [0.29, 0.717) is 13.1 Å². The van der Waals surface area contributed by atoms with Crippen molar-refractivity contribution < 1.29 is 4.79 Å². The summed E-state index contributed by atoms with van der Waals surface area (Å²) in [6.07, 6.45) is 5.35. The van der Waals surface area contributed by atoms with Crippen molar-refractivity contribution in [2.75, 3.05) is 13.1 Å². The molecule has 5 nitrogen and oxygen atoms in total. The van der Waals surface area contributed by atoms with Gasteiger partial charge < -0.3 is 10.6 Å². The van der Waals surface area contributed by atoms with E-state index in [1.807, 2.05) is 40.5 Å². The molecule has 0 radical (unpaired) electrons. The topological polar surface area (TPSA) is 59.0 Å². The summed E-state index contributed by atoms with van der Waals surface area (Å²) in [4.78, 5) is 13.0. The minimum Gasteiger partial charge on any atom is -0.338 e. The predicted molar refractivity (Wildman–Crippen MR) is 96.7 cm³/mol. The quantitative estimate of drug-likeness (QED) is 0.694. The number of urea groups is 1. The van der Waals surface area contributed by atoms with Crippen LogP contribution in [0, 0.1) is 0 Å². The molecule has 1 aromatic carbocycles. The van der Waals surface area contributed by atoms with Crippen molar-refractivity contribution in [2.24, 2.45) is 0 Å². The molecular formula is C18H20N4OS. The van der Waals surface area contributed by atoms with Crippen molar-refractivity contribution in [3.05, 3.63) is 70.7 Å². The van der Waals surface area contributed by atoms with Crippen LogP contribution >= 0.6 is 11.3 Å². The van der Waals surface area contributed by atoms with Gasteiger partial charge in [0.1, 0.15) is 0 Å². The Kier molecular flexibility index (Phi) is 5.63. The Balaban J connectivity index is 1.36. The van der Waals surface area contributed by atoms with E-state index >= 15 is 0 Å². The lowest BCUT2D eigenvalue weighted by molar-refractivity contribution is 0.241. The van der Waals surface area contributed by atoms with Crippen molar-refractivity contribution in [3.63, 3.8) is 0 Å². The summed E-state index contributed by atoms with van der Waals surface area (Å²) in [6, 6.07) is 14.1. The normalized spacial score (nSPS) is 10.5. The molecule has 3 aromatic rings. The minimum absolute atomic E-state index is 0.111. The third kappa shape index (κ3) is 4.70. The molecule has 0 saturated carbocycles. The van der Waals surface area contributed by atoms with Crippen molar-refractivity contribution in [3.8, 4) is 5.69 Å². The lowest BCUT2D eigenvalue weighted by Gasteiger charge is -2.08. The standard InChI is InChI=1S/C18H20N4OS/c23-18(20-12-9-17-3-1-14-24-17)19-11-8-15-4-6-16(7-5-15)22-13-2-10-21-22/h1-7,10,13-14H,8-9,11-12H2,(H2,19,20,23). The molecule has 0 aliphatic heterocycles. The van der Waals surface area contributed by atoms with Crippen LogP contribution in [0.2, 0.25) is 0 Å². The van der Waals surface area contributed by atoms with Crippen LogP contribution in [0.4, 0.5) is 4.79 Å². The molecule has 24 heavy (non-hydrogen) atoms. The van der Waals surface area contributed by atoms with Gasteiger partial charge in [-0.2, -0.15) is 5.10 Å². The third-order valence-electron chi connectivity index (χ3n) is 3.64. The Morgan fingerprint density at radius 3 is 2.50 bits per heavy atom. The first-order chi connectivity index (χ1) is 11.8. The Morgan fingerprint density at radius 2 is 1.83 bits per heavy atom. The maximum atomic E-state index is 11.7. The van der Waals surface area contributed by atoms with Gasteiger partial charge in [-0.25, -0.2) is 9.48 Å². The second kappa shape index (κ2) is 8.31. The van der Waals surface area contributed by atoms with E-state index in [2.05, 4.69) is 33.9 Å². The van der Waals surface area contributed by atoms with Crippen LogP contribution in [-0.4, -0.2) is 28.9 Å². The molecule has 2 heterocycles. The molecule has 2 N–H and O–H groups in total. The smallest absolute Gasteiger partial charge is 0.314 e. The highest BCUT2D eigenvalue weighted by atomic mass is 32.1. The molecule has 0 spiro atoms. The Hall–Kier alpha value is -2.60. The third-order valence-corrected chi connectivity index (χ3v) is 4.58. The van der Waals surface area contributed by atoms with Crippen molar-refractivity contribution >= 4 is 17.4 Å². The number of hydrogen-bond donors (Lipinski definition) is 2. The molecule has 0 atom stereocenters. The first-order valence-electron chi connectivity index (χ1n) is 7.94. The predicted octanol–water partition coefficient (Wildman–Crippen LogP) is 3.02. The number of aromatic nitrogens is 2. The summed E-state index contributed by atoms with van der Waals surface area (Å²) in [5.74, 6) is 0. The summed E-state index contributed by atoms with van der Waals surface area (Å²) < 4.78 is 1.82. The fraction of sp³-hybridized carbons (Fsp3) is 0.222. The lowest BCUT2D eigenvalue weighted by atomic mass is 10.1. The SMILES string of the molecule is O=C(NCCc1ccc(-n2cccn2)cc1)NCCc1cccs1. The van der Waals surface area contributed by atoms with Gasteiger partial charge in [0.15, 0.2) is 0 Å². The first-order valence-corrected chi connectivity index (χ1v) is 8.82. The van der Waals surface area contributed by atoms with Gasteiger partial charge in [0, 0.05) is 30.4 Å². The molecule has 0 unspecified atom stereocenters. The average molecular weight is 340 g/mol. The molecule has 2 amide bonds. The van der Waals surface area contributed by atoms with Gasteiger partial charge in [-0.3, -0.25) is 0 Å². The van der Waals surface area contributed by atoms with E-state index in [-0.39, 0.29) is 6.03 Å². The van der Waals surface area contributed by atoms with Gasteiger partial charge in [-0.15, -0.1) is 11.3 Å². The van der Waals surface area contributed by atoms with E-state index in [0.717, 1.165) is 18.5 Å². The summed E-state index contributed by atoms with van der Waals surface area (Å²) >= 11 is 1.71. The molecule has 0 bridgehead atoms. The van der Waals surface area contributed by atoms with E-state index in [9.17, 15) is 4.79 Å². The van der Waals surface area contributed by atoms with Crippen LogP contribution in [0.15, 0.2) is 60.2 Å². The zero-order valence-electron chi connectivity index (χ0n) is 13.3. The molecule has 0 fully saturated rings. The number of carbonyl (C=O) groups is 1. The molecule has 3 rings (SSSR count). The van der Waals surface area contributed by atoms with E-state index in [1.54, 1.807) is 17.5 Å². The number of rotatable bonds is 7. The number of benzene rings is 1. The van der Waals surface area contributed by atoms with Gasteiger partial charge >= 0.3 is 6.03 Å². The van der Waals surface area contributed by atoms with E-state index < -0.39 is 0 Å². The van der Waals surface area contributed by atoms with Crippen LogP contribution in [0.3, 0.4) is 0 Å². The average Bonchev–Trinajstić information content (AvgIpc) is 3.29. The van der Waals surface area contributed by atoms with Crippen molar-refractivity contribution in [1.29, 1.82) is 0 Å². The number of hydrogen-bond acceptors (Lipinski definition) is 3. The summed E-state index contributed by atoms with van der Waals surface area (Å²) in [5.41, 5.74) is 2.22. The number of thiophene rings is 1. The molecule has 124 valence electrons. The van der Waals surface area contributed by atoms with E-state index in [1.165, 1.54) is 10.4 Å². The summed E-state index contributed by atoms with van der Waals surface area (Å²) in [6.45, 7) is 1.27. The summed E-state index contributed by atoms with van der Waals surface area (Å²) in [5, 5.41) is 12.0. The monoisotopic (exact) mass is 340 g/mol. The molecule has 2 aromatic heterocycles. The maximum absolute atomic E-state index is 11.7. The fourth-order valence-corrected chi connectivity index (χ4v) is 3.08. The zero-order valence-corrected chi connectivity index (χ0v) is 14.1. The number of amides is 2. The Morgan fingerprint density at radius 1 is 1.04 bits per heavy atom. The molecular weight excluding hydrogens is 320 g/mol. The summed E-state index contributed by atoms with van der Waals surface area (Å²) in [7, 11) is 0. The Bertz CT molecular complexity index is 736. The largest absolute Gasteiger partial charge is 0.338 e. The maximum Gasteiger partial charge on any atom is 0.314 e. The van der Waals surface area contributed by atoms with Crippen LogP contribution in [0.1, 0.15) is 10.4 Å². The Labute approximate surface area is 145 Å². The highest BCUT2D eigenvalue weighted by Crippen LogP contribution is 2.09. The van der Waals surface area contributed by atoms with Crippen LogP contribution in [-0.2, 0) is 12.8 Å². The van der Waals surface area contributed by atoms with Crippen LogP contribution in [0.5, 0.6) is 0 Å². The van der Waals surface area contributed by atoms with Crippen molar-refractivity contribution in [1.82, 2.24) is 20.4 Å². The number of nitrogens with one attached hydrogen (secondary N) is 2. The highest BCUT2D eigenvalue weighted by molar-refractivity contribution is 7.09. The number of nitrogens with zero attached hydrogens (tertiary/aromatic N) is 2.